The molecule has 0 spiro atoms. The normalized spacial score (nSPS) is 30.2. The van der Waals surface area contributed by atoms with E-state index in [1.807, 2.05) is 0 Å². The van der Waals surface area contributed by atoms with Crippen LogP contribution in [0.3, 0.4) is 0 Å². The summed E-state index contributed by atoms with van der Waals surface area (Å²) < 4.78 is 0. The van der Waals surface area contributed by atoms with E-state index in [1.54, 1.807) is 0 Å². The van der Waals surface area contributed by atoms with Crippen LogP contribution in [-0.2, 0) is 0 Å². The molecule has 1 fully saturated rings. The zero-order chi connectivity index (χ0) is 13.5. The van der Waals surface area contributed by atoms with Gasteiger partial charge in [0.05, 0.1) is 0 Å². The van der Waals surface area contributed by atoms with Gasteiger partial charge in [-0.2, -0.15) is 0 Å². The van der Waals surface area contributed by atoms with Gasteiger partial charge in [-0.15, -0.1) is 0 Å². The van der Waals surface area contributed by atoms with Crippen molar-refractivity contribution in [2.75, 3.05) is 0 Å². The van der Waals surface area contributed by atoms with Gasteiger partial charge in [0.25, 0.3) is 0 Å². The predicted molar refractivity (Wildman–Crippen MR) is 82.8 cm³/mol. The fourth-order valence-corrected chi connectivity index (χ4v) is 3.88. The van der Waals surface area contributed by atoms with Crippen LogP contribution in [0.4, 0.5) is 0 Å². The van der Waals surface area contributed by atoms with Crippen molar-refractivity contribution in [2.24, 2.45) is 29.6 Å². The Morgan fingerprint density at radius 2 is 1.56 bits per heavy atom. The summed E-state index contributed by atoms with van der Waals surface area (Å²) in [6, 6.07) is 0. The summed E-state index contributed by atoms with van der Waals surface area (Å²) in [5, 5.41) is 0. The highest BCUT2D eigenvalue weighted by molar-refractivity contribution is 4.97. The average Bonchev–Trinajstić information content (AvgIpc) is 3.01. The van der Waals surface area contributed by atoms with Gasteiger partial charge >= 0.3 is 0 Å². The monoisotopic (exact) mass is 252 g/mol. The van der Waals surface area contributed by atoms with Crippen LogP contribution >= 0.6 is 0 Å². The van der Waals surface area contributed by atoms with Crippen LogP contribution in [0, 0.1) is 29.6 Å². The van der Waals surface area contributed by atoms with Gasteiger partial charge < -0.3 is 0 Å². The van der Waals surface area contributed by atoms with Gasteiger partial charge in [0.1, 0.15) is 0 Å². The van der Waals surface area contributed by atoms with Gasteiger partial charge in [0.15, 0.2) is 0 Å². The Labute approximate surface area is 116 Å². The van der Waals surface area contributed by atoms with Gasteiger partial charge in [-0.3, -0.25) is 0 Å². The molecular formula is C18H36. The molecule has 0 nitrogen and oxygen atoms in total. The third-order valence-corrected chi connectivity index (χ3v) is 5.54. The molecule has 0 heterocycles. The lowest BCUT2D eigenvalue weighted by atomic mass is 9.85. The molecule has 0 amide bonds. The lowest BCUT2D eigenvalue weighted by Crippen LogP contribution is -2.12. The number of unbranched alkanes of at least 4 members (excludes halogenated alkanes) is 4. The van der Waals surface area contributed by atoms with Crippen molar-refractivity contribution in [3.8, 4) is 0 Å². The molecule has 18 heavy (non-hydrogen) atoms. The molecule has 1 aliphatic carbocycles. The molecular weight excluding hydrogens is 216 g/mol. The average molecular weight is 252 g/mol. The summed E-state index contributed by atoms with van der Waals surface area (Å²) in [6.07, 6.45) is 11.5. The van der Waals surface area contributed by atoms with E-state index in [0.29, 0.717) is 0 Å². The quantitative estimate of drug-likeness (QED) is 0.400. The van der Waals surface area contributed by atoms with Crippen LogP contribution in [0.15, 0.2) is 0 Å². The summed E-state index contributed by atoms with van der Waals surface area (Å²) >= 11 is 0. The Hall–Kier alpha value is 0. The summed E-state index contributed by atoms with van der Waals surface area (Å²) in [4.78, 5) is 0. The van der Waals surface area contributed by atoms with Crippen LogP contribution in [0.1, 0.15) is 86.0 Å². The summed E-state index contributed by atoms with van der Waals surface area (Å²) in [7, 11) is 0. The van der Waals surface area contributed by atoms with E-state index in [-0.39, 0.29) is 0 Å². The first-order valence-electron chi connectivity index (χ1n) is 8.63. The Bertz CT molecular complexity index is 208. The first-order valence-corrected chi connectivity index (χ1v) is 8.63. The Morgan fingerprint density at radius 1 is 0.889 bits per heavy atom. The summed E-state index contributed by atoms with van der Waals surface area (Å²) in [6.45, 7) is 12.1. The van der Waals surface area contributed by atoms with Gasteiger partial charge in [-0.25, -0.2) is 0 Å². The molecule has 0 radical (unpaired) electrons. The second-order valence-corrected chi connectivity index (χ2v) is 6.93. The fraction of sp³-hybridized carbons (Fsp3) is 1.00. The molecule has 108 valence electrons. The van der Waals surface area contributed by atoms with E-state index in [4.69, 9.17) is 0 Å². The van der Waals surface area contributed by atoms with Crippen LogP contribution in [0.5, 0.6) is 0 Å². The predicted octanol–water partition coefficient (Wildman–Crippen LogP) is 6.30. The molecule has 0 saturated heterocycles. The van der Waals surface area contributed by atoms with Gasteiger partial charge in [-0.05, 0) is 36.0 Å². The van der Waals surface area contributed by atoms with Crippen molar-refractivity contribution in [1.29, 1.82) is 0 Å². The van der Waals surface area contributed by atoms with Crippen molar-refractivity contribution in [3.63, 3.8) is 0 Å². The van der Waals surface area contributed by atoms with Crippen molar-refractivity contribution in [2.45, 2.75) is 86.0 Å². The Morgan fingerprint density at radius 3 is 2.17 bits per heavy atom. The highest BCUT2D eigenvalue weighted by atomic mass is 14.5. The molecule has 5 unspecified atom stereocenters. The standard InChI is InChI=1S/C18H36/c1-6-8-10-11-12-14(3)15(4)18-16(5)17(18)13-9-7-2/h14-18H,6-13H2,1-5H3. The maximum absolute atomic E-state index is 2.53. The minimum absolute atomic E-state index is 0.945. The van der Waals surface area contributed by atoms with Crippen molar-refractivity contribution < 1.29 is 0 Å². The molecule has 0 aromatic carbocycles. The van der Waals surface area contributed by atoms with E-state index in [2.05, 4.69) is 34.6 Å². The third kappa shape index (κ3) is 4.59. The maximum Gasteiger partial charge on any atom is -0.0326 e. The minimum atomic E-state index is 0.945. The van der Waals surface area contributed by atoms with E-state index in [0.717, 1.165) is 29.6 Å². The van der Waals surface area contributed by atoms with E-state index >= 15 is 0 Å². The molecule has 0 heteroatoms. The molecule has 0 N–H and O–H groups in total. The topological polar surface area (TPSA) is 0 Å². The van der Waals surface area contributed by atoms with Gasteiger partial charge in [-0.1, -0.05) is 79.6 Å². The number of hydrogen-bond donors (Lipinski definition) is 0. The van der Waals surface area contributed by atoms with Crippen LogP contribution in [0.2, 0.25) is 0 Å². The van der Waals surface area contributed by atoms with E-state index in [9.17, 15) is 0 Å². The van der Waals surface area contributed by atoms with Crippen molar-refractivity contribution in [1.82, 2.24) is 0 Å². The SMILES string of the molecule is CCCCCCC(C)C(C)C1C(C)C1CCCC. The lowest BCUT2D eigenvalue weighted by molar-refractivity contribution is 0.296. The first-order chi connectivity index (χ1) is 8.63. The highest BCUT2D eigenvalue weighted by Gasteiger charge is 2.49. The second kappa shape index (κ2) is 8.23. The van der Waals surface area contributed by atoms with Crippen molar-refractivity contribution in [3.05, 3.63) is 0 Å². The number of hydrogen-bond acceptors (Lipinski definition) is 0. The summed E-state index contributed by atoms with van der Waals surface area (Å²) in [5.41, 5.74) is 0. The van der Waals surface area contributed by atoms with E-state index in [1.165, 1.54) is 51.4 Å². The maximum atomic E-state index is 2.53. The highest BCUT2D eigenvalue weighted by Crippen LogP contribution is 2.55. The first kappa shape index (κ1) is 16.1. The third-order valence-electron chi connectivity index (χ3n) is 5.54. The minimum Gasteiger partial charge on any atom is -0.0654 e. The van der Waals surface area contributed by atoms with Crippen LogP contribution < -0.4 is 0 Å². The molecule has 1 aliphatic rings. The van der Waals surface area contributed by atoms with E-state index < -0.39 is 0 Å². The Kier molecular flexibility index (Phi) is 7.34. The zero-order valence-electron chi connectivity index (χ0n) is 13.5. The Balaban J connectivity index is 2.20. The zero-order valence-corrected chi connectivity index (χ0v) is 13.5. The largest absolute Gasteiger partial charge is 0.0654 e. The molecule has 1 rings (SSSR count). The van der Waals surface area contributed by atoms with Gasteiger partial charge in [0, 0.05) is 0 Å². The fourth-order valence-electron chi connectivity index (χ4n) is 3.88. The second-order valence-electron chi connectivity index (χ2n) is 6.93. The molecule has 0 aromatic heterocycles. The molecule has 0 bridgehead atoms. The van der Waals surface area contributed by atoms with Crippen LogP contribution in [0.25, 0.3) is 0 Å². The number of rotatable bonds is 10. The van der Waals surface area contributed by atoms with Crippen molar-refractivity contribution >= 4 is 0 Å². The smallest absolute Gasteiger partial charge is 0.0326 e. The van der Waals surface area contributed by atoms with Gasteiger partial charge in [0.2, 0.25) is 0 Å². The molecule has 1 saturated carbocycles. The van der Waals surface area contributed by atoms with Crippen LogP contribution in [-0.4, -0.2) is 0 Å². The molecule has 5 atom stereocenters. The summed E-state index contributed by atoms with van der Waals surface area (Å²) in [5.74, 6) is 5.05. The lowest BCUT2D eigenvalue weighted by Gasteiger charge is -2.20. The molecule has 0 aromatic rings. The molecule has 0 aliphatic heterocycles.